The molecule has 2 rings (SSSR count). The summed E-state index contributed by atoms with van der Waals surface area (Å²) in [6, 6.07) is 0. The zero-order chi connectivity index (χ0) is 44.9. The lowest BCUT2D eigenvalue weighted by atomic mass is 10.1. The average Bonchev–Trinajstić information content (AvgIpc) is 3.19. The number of rotatable bonds is 22. The van der Waals surface area contributed by atoms with E-state index < -0.39 is 93.0 Å². The molecular formula is C33H42I6N6O14. The van der Waals surface area contributed by atoms with Gasteiger partial charge in [-0.2, -0.15) is 0 Å². The highest BCUT2D eigenvalue weighted by Gasteiger charge is 2.33. The van der Waals surface area contributed by atoms with Crippen molar-refractivity contribution < 1.29 is 69.9 Å². The lowest BCUT2D eigenvalue weighted by Gasteiger charge is -2.29. The topological polar surface area (TPSA) is 331 Å². The Morgan fingerprint density at radius 1 is 0.475 bits per heavy atom. The molecule has 0 spiro atoms. The molecule has 0 aliphatic carbocycles. The summed E-state index contributed by atoms with van der Waals surface area (Å²) in [5, 5.41) is 101. The Kier molecular flexibility index (Phi) is 24.5. The Balaban J connectivity index is 2.68. The summed E-state index contributed by atoms with van der Waals surface area (Å²) in [4.78, 5) is 68.5. The highest BCUT2D eigenvalue weighted by molar-refractivity contribution is 14.1. The van der Waals surface area contributed by atoms with Gasteiger partial charge in [-0.1, -0.05) is 0 Å². The number of nitrogens with zero attached hydrogens (tertiary/aromatic N) is 1. The Morgan fingerprint density at radius 2 is 0.763 bits per heavy atom. The molecule has 20 nitrogen and oxygen atoms in total. The number of halogens is 6. The van der Waals surface area contributed by atoms with Crippen LogP contribution in [0.2, 0.25) is 0 Å². The number of hydrogen-bond donors (Lipinski definition) is 14. The second-order valence-corrected chi connectivity index (χ2v) is 18.9. The van der Waals surface area contributed by atoms with E-state index in [2.05, 4.69) is 26.6 Å². The molecule has 59 heavy (non-hydrogen) atoms. The fourth-order valence-electron chi connectivity index (χ4n) is 4.83. The van der Waals surface area contributed by atoms with Crippen LogP contribution in [0.4, 0.5) is 11.4 Å². The summed E-state index contributed by atoms with van der Waals surface area (Å²) in [6.45, 7) is -3.45. The standard InChI is InChI=1S/C33H42I6N6O14/c1-12(50)45(29-26(38)20(32(58)43-5-16(54)10-48)23(35)21(27(29)39)33(59)44-6-17(55)11-49)7-13(51)2-40-28-24(36)18(30(56)41-3-14(52)8-46)22(34)19(25(28)37)31(57)42-4-15(53)9-47/h13-17,40,46-49,51-55H,2-11H2,1H3,(H,41,56)(H,42,57)(H,43,58)(H,44,59). The number of aliphatic hydroxyl groups excluding tert-OH is 9. The van der Waals surface area contributed by atoms with Gasteiger partial charge < -0.3 is 77.4 Å². The minimum absolute atomic E-state index is 0.00425. The van der Waals surface area contributed by atoms with Crippen LogP contribution in [0.25, 0.3) is 0 Å². The van der Waals surface area contributed by atoms with Crippen molar-refractivity contribution in [2.75, 3.05) is 75.9 Å². The second kappa shape index (κ2) is 26.4. The maximum Gasteiger partial charge on any atom is 0.253 e. The first kappa shape index (κ1) is 54.7. The van der Waals surface area contributed by atoms with E-state index in [4.69, 9.17) is 0 Å². The molecule has 0 saturated heterocycles. The first-order valence-electron chi connectivity index (χ1n) is 17.1. The monoisotopic (exact) mass is 1510 g/mol. The minimum Gasteiger partial charge on any atom is -0.394 e. The van der Waals surface area contributed by atoms with Gasteiger partial charge in [0.2, 0.25) is 5.91 Å². The van der Waals surface area contributed by atoms with Gasteiger partial charge in [0.1, 0.15) is 0 Å². The van der Waals surface area contributed by atoms with Crippen LogP contribution < -0.4 is 31.5 Å². The molecule has 5 atom stereocenters. The van der Waals surface area contributed by atoms with E-state index in [1.54, 1.807) is 45.2 Å². The first-order valence-corrected chi connectivity index (χ1v) is 23.5. The zero-order valence-electron chi connectivity index (χ0n) is 30.7. The molecule has 330 valence electrons. The van der Waals surface area contributed by atoms with Crippen LogP contribution in [0.15, 0.2) is 0 Å². The Morgan fingerprint density at radius 3 is 1.03 bits per heavy atom. The maximum atomic E-state index is 13.6. The highest BCUT2D eigenvalue weighted by atomic mass is 127. The van der Waals surface area contributed by atoms with E-state index in [0.29, 0.717) is 7.14 Å². The van der Waals surface area contributed by atoms with Crippen LogP contribution in [0.1, 0.15) is 48.4 Å². The van der Waals surface area contributed by atoms with Gasteiger partial charge in [-0.05, 0) is 136 Å². The number of benzene rings is 2. The smallest absolute Gasteiger partial charge is 0.253 e. The summed E-state index contributed by atoms with van der Waals surface area (Å²) in [5.74, 6) is -3.57. The van der Waals surface area contributed by atoms with E-state index in [-0.39, 0.29) is 80.6 Å². The van der Waals surface area contributed by atoms with Gasteiger partial charge in [-0.3, -0.25) is 24.0 Å². The van der Waals surface area contributed by atoms with Gasteiger partial charge in [-0.25, -0.2) is 0 Å². The lowest BCUT2D eigenvalue weighted by Crippen LogP contribution is -2.42. The Hall–Kier alpha value is -0.390. The number of carbonyl (C=O) groups is 5. The predicted octanol–water partition coefficient (Wildman–Crippen LogP) is -1.53. The van der Waals surface area contributed by atoms with E-state index in [1.165, 1.54) is 6.92 Å². The maximum absolute atomic E-state index is 13.6. The van der Waals surface area contributed by atoms with Crippen molar-refractivity contribution in [2.45, 2.75) is 37.4 Å². The zero-order valence-corrected chi connectivity index (χ0v) is 43.7. The molecule has 2 aromatic carbocycles. The SMILES string of the molecule is CC(=O)N(CC(O)CNc1c(I)c(C(=O)NCC(O)CO)c(I)c(C(=O)NCC(O)CO)c1I)c1c(I)c(C(=O)NCC(O)CO)c(I)c(C(=O)NCC(O)CO)c1I. The summed E-state index contributed by atoms with van der Waals surface area (Å²) in [6.07, 6.45) is -6.55. The van der Waals surface area contributed by atoms with E-state index in [9.17, 15) is 69.9 Å². The molecule has 0 aliphatic heterocycles. The fraction of sp³-hybridized carbons (Fsp3) is 0.485. The number of amides is 5. The van der Waals surface area contributed by atoms with Crippen molar-refractivity contribution in [1.29, 1.82) is 0 Å². The molecular weight excluding hydrogens is 1470 g/mol. The van der Waals surface area contributed by atoms with Crippen molar-refractivity contribution in [1.82, 2.24) is 21.3 Å². The summed E-state index contributed by atoms with van der Waals surface area (Å²) in [5.41, 5.74) is 0.138. The molecule has 0 aliphatic rings. The van der Waals surface area contributed by atoms with Crippen molar-refractivity contribution in [3.63, 3.8) is 0 Å². The van der Waals surface area contributed by atoms with Crippen LogP contribution in [0.3, 0.4) is 0 Å². The molecule has 0 radical (unpaired) electrons. The fourth-order valence-corrected chi connectivity index (χ4v) is 14.1. The molecule has 0 saturated carbocycles. The number of nitrogens with one attached hydrogen (secondary N) is 5. The van der Waals surface area contributed by atoms with E-state index >= 15 is 0 Å². The van der Waals surface area contributed by atoms with Gasteiger partial charge in [0.05, 0.1) is 111 Å². The van der Waals surface area contributed by atoms with E-state index in [0.717, 1.165) is 4.90 Å². The summed E-state index contributed by atoms with van der Waals surface area (Å²) >= 11 is 11.0. The van der Waals surface area contributed by atoms with Gasteiger partial charge in [0, 0.05) is 46.8 Å². The van der Waals surface area contributed by atoms with Crippen LogP contribution >= 0.6 is 136 Å². The normalized spacial score (nSPS) is 13.8. The molecule has 0 fully saturated rings. The lowest BCUT2D eigenvalue weighted by molar-refractivity contribution is -0.116. The van der Waals surface area contributed by atoms with Gasteiger partial charge >= 0.3 is 0 Å². The van der Waals surface area contributed by atoms with Crippen molar-refractivity contribution in [2.24, 2.45) is 0 Å². The molecule has 0 bridgehead atoms. The van der Waals surface area contributed by atoms with Crippen LogP contribution in [0.5, 0.6) is 0 Å². The minimum atomic E-state index is -1.40. The van der Waals surface area contributed by atoms with Crippen LogP contribution in [-0.2, 0) is 4.79 Å². The summed E-state index contributed by atoms with van der Waals surface area (Å²) < 4.78 is 1.27. The molecule has 2 aromatic rings. The molecule has 14 N–H and O–H groups in total. The van der Waals surface area contributed by atoms with Gasteiger partial charge in [0.15, 0.2) is 0 Å². The molecule has 5 unspecified atom stereocenters. The largest absolute Gasteiger partial charge is 0.394 e. The number of carbonyl (C=O) groups excluding carboxylic acids is 5. The van der Waals surface area contributed by atoms with Crippen molar-refractivity contribution >= 4 is 176 Å². The number of aliphatic hydroxyl groups is 9. The molecule has 26 heteroatoms. The van der Waals surface area contributed by atoms with Crippen LogP contribution in [-0.4, -0.2) is 172 Å². The third-order valence-corrected chi connectivity index (χ3v) is 14.3. The summed E-state index contributed by atoms with van der Waals surface area (Å²) in [7, 11) is 0. The van der Waals surface area contributed by atoms with Crippen molar-refractivity contribution in [3.05, 3.63) is 43.7 Å². The number of anilines is 2. The third kappa shape index (κ3) is 15.1. The quantitative estimate of drug-likeness (QED) is 0.0596. The third-order valence-electron chi connectivity index (χ3n) is 7.91. The number of hydrogen-bond acceptors (Lipinski definition) is 15. The van der Waals surface area contributed by atoms with Crippen LogP contribution in [0, 0.1) is 21.4 Å². The van der Waals surface area contributed by atoms with Gasteiger partial charge in [-0.15, -0.1) is 0 Å². The highest BCUT2D eigenvalue weighted by Crippen LogP contribution is 2.39. The molecule has 0 aromatic heterocycles. The average molecular weight is 1510 g/mol. The second-order valence-electron chi connectivity index (χ2n) is 12.5. The van der Waals surface area contributed by atoms with E-state index in [1.807, 2.05) is 90.4 Å². The predicted molar refractivity (Wildman–Crippen MR) is 263 cm³/mol. The van der Waals surface area contributed by atoms with Crippen molar-refractivity contribution in [3.8, 4) is 0 Å². The Labute approximate surface area is 419 Å². The van der Waals surface area contributed by atoms with Gasteiger partial charge in [0.25, 0.3) is 23.6 Å². The molecule has 5 amide bonds. The molecule has 0 heterocycles. The Bertz CT molecular complexity index is 1760. The first-order chi connectivity index (χ1) is 27.7.